The summed E-state index contributed by atoms with van der Waals surface area (Å²) in [6.45, 7) is 4.67. The molecule has 1 aliphatic rings. The minimum atomic E-state index is -3.48. The van der Waals surface area contributed by atoms with Gasteiger partial charge in [-0.05, 0) is 18.6 Å². The molecule has 0 aliphatic carbocycles. The van der Waals surface area contributed by atoms with Gasteiger partial charge < -0.3 is 9.64 Å². The first-order chi connectivity index (χ1) is 15.0. The lowest BCUT2D eigenvalue weighted by molar-refractivity contribution is 0.0681. The number of nitrogens with zero attached hydrogens (tertiary/aromatic N) is 2. The van der Waals surface area contributed by atoms with E-state index in [-0.39, 0.29) is 5.75 Å². The van der Waals surface area contributed by atoms with Gasteiger partial charge in [0.05, 0.1) is 24.0 Å². The number of ether oxygens (including phenoxy) is 1. The summed E-state index contributed by atoms with van der Waals surface area (Å²) in [5.41, 5.74) is 0.715. The molecular weight excluding hydrogens is 434 g/mol. The predicted octanol–water partition coefficient (Wildman–Crippen LogP) is 5.17. The molecule has 2 rings (SSSR count). The third kappa shape index (κ3) is 10.2. The van der Waals surface area contributed by atoms with Crippen molar-refractivity contribution in [3.05, 3.63) is 34.9 Å². The zero-order chi connectivity index (χ0) is 22.4. The molecule has 31 heavy (non-hydrogen) atoms. The molecule has 1 heterocycles. The van der Waals surface area contributed by atoms with Crippen LogP contribution in [0.5, 0.6) is 0 Å². The molecule has 0 aromatic heterocycles. The van der Waals surface area contributed by atoms with E-state index in [0.29, 0.717) is 49.1 Å². The maximum Gasteiger partial charge on any atom is 0.247 e. The molecule has 0 bridgehead atoms. The van der Waals surface area contributed by atoms with Gasteiger partial charge in [-0.15, -0.1) is 5.10 Å². The van der Waals surface area contributed by atoms with Gasteiger partial charge in [0.2, 0.25) is 10.0 Å². The van der Waals surface area contributed by atoms with E-state index in [2.05, 4.69) is 16.9 Å². The van der Waals surface area contributed by atoms with Crippen molar-refractivity contribution in [1.82, 2.24) is 9.73 Å². The average Bonchev–Trinajstić information content (AvgIpc) is 2.77. The molecule has 1 saturated heterocycles. The van der Waals surface area contributed by atoms with Gasteiger partial charge in [-0.25, -0.2) is 13.2 Å². The van der Waals surface area contributed by atoms with Gasteiger partial charge in [0.25, 0.3) is 0 Å². The van der Waals surface area contributed by atoms with Gasteiger partial charge in [0, 0.05) is 18.7 Å². The molecule has 1 aromatic rings. The van der Waals surface area contributed by atoms with Gasteiger partial charge in [-0.3, -0.25) is 0 Å². The third-order valence-electron chi connectivity index (χ3n) is 5.48. The molecule has 0 amide bonds. The molecule has 176 valence electrons. The number of amidine groups is 1. The lowest BCUT2D eigenvalue weighted by atomic mass is 10.1. The van der Waals surface area contributed by atoms with Crippen LogP contribution in [-0.4, -0.2) is 51.2 Å². The summed E-state index contributed by atoms with van der Waals surface area (Å²) in [4.78, 5) is 4.44. The number of benzene rings is 1. The Morgan fingerprint density at radius 2 is 1.58 bits per heavy atom. The summed E-state index contributed by atoms with van der Waals surface area (Å²) in [5.74, 6) is 0.631. The van der Waals surface area contributed by atoms with Crippen molar-refractivity contribution in [3.63, 3.8) is 0 Å². The topological polar surface area (TPSA) is 71.0 Å². The van der Waals surface area contributed by atoms with E-state index in [0.717, 1.165) is 12.8 Å². The molecule has 1 aromatic carbocycles. The lowest BCUT2D eigenvalue weighted by Gasteiger charge is -2.30. The second-order valence-electron chi connectivity index (χ2n) is 8.11. The van der Waals surface area contributed by atoms with Crippen LogP contribution in [0.2, 0.25) is 5.02 Å². The Labute approximate surface area is 193 Å². The fraction of sp³-hybridized carbons (Fsp3) is 0.696. The summed E-state index contributed by atoms with van der Waals surface area (Å²) in [6.07, 6.45) is 11.7. The van der Waals surface area contributed by atoms with Crippen molar-refractivity contribution in [2.75, 3.05) is 32.1 Å². The Bertz CT molecular complexity index is 765. The second-order valence-corrected chi connectivity index (χ2v) is 10.3. The minimum absolute atomic E-state index is 0.0892. The standard InChI is InChI=1S/C23H38ClN3O3S/c1-2-3-4-5-6-7-8-9-10-13-20-31(28,29)26-25-23(27-16-18-30-19-17-27)21-14-11-12-15-22(21)24/h11-12,14-15,26H,2-10,13,16-20H2,1H3/b25-23-. The van der Waals surface area contributed by atoms with E-state index in [1.165, 1.54) is 44.9 Å². The highest BCUT2D eigenvalue weighted by molar-refractivity contribution is 7.89. The molecule has 8 heteroatoms. The van der Waals surface area contributed by atoms with E-state index < -0.39 is 10.0 Å². The first-order valence-electron chi connectivity index (χ1n) is 11.7. The largest absolute Gasteiger partial charge is 0.378 e. The highest BCUT2D eigenvalue weighted by Crippen LogP contribution is 2.19. The van der Waals surface area contributed by atoms with Gasteiger partial charge >= 0.3 is 0 Å². The predicted molar refractivity (Wildman–Crippen MR) is 129 cm³/mol. The van der Waals surface area contributed by atoms with Crippen molar-refractivity contribution in [1.29, 1.82) is 0 Å². The molecule has 1 N–H and O–H groups in total. The number of morpholine rings is 1. The van der Waals surface area contributed by atoms with Crippen LogP contribution >= 0.6 is 11.6 Å². The molecule has 0 unspecified atom stereocenters. The number of halogens is 1. The number of unbranched alkanes of at least 4 members (excludes halogenated alkanes) is 9. The number of sulfonamides is 1. The van der Waals surface area contributed by atoms with Crippen LogP contribution in [0.25, 0.3) is 0 Å². The Kier molecular flexibility index (Phi) is 12.3. The SMILES string of the molecule is CCCCCCCCCCCCS(=O)(=O)N/N=C(/c1ccccc1Cl)N1CCOCC1. The summed E-state index contributed by atoms with van der Waals surface area (Å²) >= 11 is 6.35. The molecular formula is C23H38ClN3O3S. The van der Waals surface area contributed by atoms with Crippen LogP contribution in [0.4, 0.5) is 0 Å². The summed E-state index contributed by atoms with van der Waals surface area (Å²) in [7, 11) is -3.48. The van der Waals surface area contributed by atoms with Crippen molar-refractivity contribution >= 4 is 27.5 Å². The van der Waals surface area contributed by atoms with Crippen molar-refractivity contribution in [2.24, 2.45) is 5.10 Å². The molecule has 0 radical (unpaired) electrons. The number of nitrogens with one attached hydrogen (secondary N) is 1. The average molecular weight is 472 g/mol. The van der Waals surface area contributed by atoms with Crippen LogP contribution in [-0.2, 0) is 14.8 Å². The summed E-state index contributed by atoms with van der Waals surface area (Å²) in [6, 6.07) is 7.35. The van der Waals surface area contributed by atoms with Crippen molar-refractivity contribution < 1.29 is 13.2 Å². The summed E-state index contributed by atoms with van der Waals surface area (Å²) in [5, 5.41) is 4.82. The number of hydrogen-bond acceptors (Lipinski definition) is 4. The Morgan fingerprint density at radius 1 is 1.00 bits per heavy atom. The third-order valence-corrected chi connectivity index (χ3v) is 7.01. The fourth-order valence-electron chi connectivity index (χ4n) is 3.66. The minimum Gasteiger partial charge on any atom is -0.378 e. The zero-order valence-electron chi connectivity index (χ0n) is 18.8. The molecule has 0 saturated carbocycles. The van der Waals surface area contributed by atoms with E-state index in [1.807, 2.05) is 23.1 Å². The quantitative estimate of drug-likeness (QED) is 0.176. The molecule has 1 aliphatic heterocycles. The van der Waals surface area contributed by atoms with Crippen LogP contribution in [0, 0.1) is 0 Å². The van der Waals surface area contributed by atoms with Crippen LogP contribution in [0.15, 0.2) is 29.4 Å². The molecule has 0 spiro atoms. The lowest BCUT2D eigenvalue weighted by Crippen LogP contribution is -2.42. The first kappa shape index (κ1) is 25.9. The van der Waals surface area contributed by atoms with E-state index >= 15 is 0 Å². The number of hydrazone groups is 1. The molecule has 1 fully saturated rings. The first-order valence-corrected chi connectivity index (χ1v) is 13.7. The Balaban J connectivity index is 1.80. The zero-order valence-corrected chi connectivity index (χ0v) is 20.4. The van der Waals surface area contributed by atoms with Crippen LogP contribution < -0.4 is 4.83 Å². The molecule has 0 atom stereocenters. The number of rotatable bonds is 14. The highest BCUT2D eigenvalue weighted by Gasteiger charge is 2.20. The van der Waals surface area contributed by atoms with E-state index in [4.69, 9.17) is 16.3 Å². The van der Waals surface area contributed by atoms with Gasteiger partial charge in [0.15, 0.2) is 5.84 Å². The van der Waals surface area contributed by atoms with E-state index in [1.54, 1.807) is 6.07 Å². The van der Waals surface area contributed by atoms with Crippen LogP contribution in [0.1, 0.15) is 76.7 Å². The van der Waals surface area contributed by atoms with Crippen molar-refractivity contribution in [3.8, 4) is 0 Å². The Hall–Kier alpha value is -1.31. The second kappa shape index (κ2) is 14.7. The molecule has 6 nitrogen and oxygen atoms in total. The van der Waals surface area contributed by atoms with Gasteiger partial charge in [-0.1, -0.05) is 88.4 Å². The summed E-state index contributed by atoms with van der Waals surface area (Å²) < 4.78 is 30.4. The monoisotopic (exact) mass is 471 g/mol. The fourth-order valence-corrected chi connectivity index (χ4v) is 4.78. The Morgan fingerprint density at radius 3 is 2.19 bits per heavy atom. The van der Waals surface area contributed by atoms with Crippen molar-refractivity contribution in [2.45, 2.75) is 71.1 Å². The maximum absolute atomic E-state index is 12.5. The van der Waals surface area contributed by atoms with Crippen LogP contribution in [0.3, 0.4) is 0 Å². The van der Waals surface area contributed by atoms with Gasteiger partial charge in [-0.2, -0.15) is 0 Å². The highest BCUT2D eigenvalue weighted by atomic mass is 35.5. The normalized spacial score (nSPS) is 15.3. The van der Waals surface area contributed by atoms with E-state index in [9.17, 15) is 8.42 Å². The van der Waals surface area contributed by atoms with Gasteiger partial charge in [0.1, 0.15) is 0 Å². The maximum atomic E-state index is 12.5. The number of hydrogen-bond donors (Lipinski definition) is 1. The smallest absolute Gasteiger partial charge is 0.247 e.